The fourth-order valence-corrected chi connectivity index (χ4v) is 3.49. The van der Waals surface area contributed by atoms with Crippen molar-refractivity contribution < 1.29 is 4.79 Å². The lowest BCUT2D eigenvalue weighted by Crippen LogP contribution is -2.33. The fourth-order valence-electron chi connectivity index (χ4n) is 2.65. The van der Waals surface area contributed by atoms with E-state index in [1.165, 1.54) is 24.2 Å². The van der Waals surface area contributed by atoms with Gasteiger partial charge in [0.1, 0.15) is 9.88 Å². The molecule has 2 aromatic heterocycles. The van der Waals surface area contributed by atoms with Crippen LogP contribution >= 0.6 is 36.2 Å². The topological polar surface area (TPSA) is 66.9 Å². The largest absolute Gasteiger partial charge is 0.351 e. The Kier molecular flexibility index (Phi) is 9.21. The number of rotatable bonds is 5. The molecule has 24 heavy (non-hydrogen) atoms. The highest BCUT2D eigenvalue weighted by molar-refractivity contribution is 7.16. The average Bonchev–Trinajstić information content (AvgIpc) is 3.07. The first-order valence-corrected chi connectivity index (χ1v) is 8.50. The number of piperidine rings is 1. The van der Waals surface area contributed by atoms with Crippen molar-refractivity contribution in [3.8, 4) is 10.6 Å². The van der Waals surface area contributed by atoms with Crippen LogP contribution in [0.5, 0.6) is 0 Å². The molecule has 1 atom stereocenters. The van der Waals surface area contributed by atoms with Crippen molar-refractivity contribution in [2.45, 2.75) is 19.3 Å². The normalized spacial score (nSPS) is 16.6. The Morgan fingerprint density at radius 1 is 1.33 bits per heavy atom. The summed E-state index contributed by atoms with van der Waals surface area (Å²) in [5, 5.41) is 7.25. The van der Waals surface area contributed by atoms with Crippen LogP contribution in [0, 0.1) is 5.92 Å². The molecule has 5 nitrogen and oxygen atoms in total. The van der Waals surface area contributed by atoms with Gasteiger partial charge in [-0.15, -0.1) is 36.2 Å². The van der Waals surface area contributed by atoms with Crippen LogP contribution in [0.15, 0.2) is 30.7 Å². The van der Waals surface area contributed by atoms with E-state index in [1.54, 1.807) is 18.6 Å². The van der Waals surface area contributed by atoms with Crippen molar-refractivity contribution in [3.63, 3.8) is 0 Å². The number of aromatic nitrogens is 2. The van der Waals surface area contributed by atoms with E-state index in [0.717, 1.165) is 36.6 Å². The van der Waals surface area contributed by atoms with E-state index in [0.29, 0.717) is 10.8 Å². The Hall–Kier alpha value is -1.21. The van der Waals surface area contributed by atoms with Gasteiger partial charge in [-0.3, -0.25) is 9.78 Å². The number of halogens is 2. The summed E-state index contributed by atoms with van der Waals surface area (Å²) >= 11 is 1.42. The van der Waals surface area contributed by atoms with Crippen LogP contribution in [-0.4, -0.2) is 35.5 Å². The molecule has 8 heteroatoms. The molecule has 0 aliphatic carbocycles. The maximum atomic E-state index is 12.2. The first kappa shape index (κ1) is 20.8. The highest BCUT2D eigenvalue weighted by Crippen LogP contribution is 2.24. The molecule has 3 heterocycles. The van der Waals surface area contributed by atoms with Crippen LogP contribution in [0.1, 0.15) is 28.9 Å². The van der Waals surface area contributed by atoms with Gasteiger partial charge in [-0.2, -0.15) is 0 Å². The monoisotopic (exact) mass is 388 g/mol. The highest BCUT2D eigenvalue weighted by atomic mass is 35.5. The number of carbonyl (C=O) groups excluding carboxylic acids is 1. The Balaban J connectivity index is 0.00000144. The summed E-state index contributed by atoms with van der Waals surface area (Å²) in [6.45, 7) is 2.93. The van der Waals surface area contributed by atoms with Gasteiger partial charge in [-0.25, -0.2) is 4.98 Å². The highest BCUT2D eigenvalue weighted by Gasteiger charge is 2.14. The average molecular weight is 389 g/mol. The van der Waals surface area contributed by atoms with Crippen molar-refractivity contribution in [3.05, 3.63) is 35.6 Å². The van der Waals surface area contributed by atoms with Crippen LogP contribution < -0.4 is 10.6 Å². The number of thiazole rings is 1. The Morgan fingerprint density at radius 2 is 2.12 bits per heavy atom. The number of carbonyl (C=O) groups is 1. The van der Waals surface area contributed by atoms with Gasteiger partial charge in [0.25, 0.3) is 5.91 Å². The standard InChI is InChI=1S/C16H20N4OS.2ClH/c21-15(19-9-3-12-2-1-6-18-10-12)14-11-20-16(22-14)13-4-7-17-8-5-13;;/h4-5,7-8,11-12,18H,1-3,6,9-10H2,(H,19,21);2*1H. The van der Waals surface area contributed by atoms with Crippen molar-refractivity contribution in [1.29, 1.82) is 0 Å². The maximum absolute atomic E-state index is 12.2. The van der Waals surface area contributed by atoms with Gasteiger partial charge in [0.2, 0.25) is 0 Å². The van der Waals surface area contributed by atoms with Crippen molar-refractivity contribution in [2.75, 3.05) is 19.6 Å². The lowest BCUT2D eigenvalue weighted by molar-refractivity contribution is 0.0954. The van der Waals surface area contributed by atoms with Gasteiger partial charge in [-0.05, 0) is 50.4 Å². The smallest absolute Gasteiger partial charge is 0.263 e. The van der Waals surface area contributed by atoms with Gasteiger partial charge in [0.05, 0.1) is 6.20 Å². The molecule has 132 valence electrons. The number of hydrogen-bond acceptors (Lipinski definition) is 5. The maximum Gasteiger partial charge on any atom is 0.263 e. The number of pyridine rings is 1. The summed E-state index contributed by atoms with van der Waals surface area (Å²) in [6, 6.07) is 3.80. The quantitative estimate of drug-likeness (QED) is 0.825. The first-order chi connectivity index (χ1) is 10.8. The number of hydrogen-bond donors (Lipinski definition) is 2. The van der Waals surface area contributed by atoms with E-state index in [4.69, 9.17) is 0 Å². The summed E-state index contributed by atoms with van der Waals surface area (Å²) < 4.78 is 0. The minimum Gasteiger partial charge on any atom is -0.351 e. The lowest BCUT2D eigenvalue weighted by atomic mass is 9.96. The molecule has 0 bridgehead atoms. The molecule has 0 aromatic carbocycles. The SMILES string of the molecule is Cl.Cl.O=C(NCCC1CCCNC1)c1cnc(-c2ccncc2)s1. The van der Waals surface area contributed by atoms with Crippen molar-refractivity contribution >= 4 is 42.1 Å². The molecule has 1 fully saturated rings. The minimum absolute atomic E-state index is 0. The van der Waals surface area contributed by atoms with E-state index in [-0.39, 0.29) is 30.7 Å². The molecule has 0 spiro atoms. The molecule has 1 amide bonds. The number of nitrogens with zero attached hydrogens (tertiary/aromatic N) is 2. The Morgan fingerprint density at radius 3 is 2.83 bits per heavy atom. The first-order valence-electron chi connectivity index (χ1n) is 7.68. The fraction of sp³-hybridized carbons (Fsp3) is 0.438. The summed E-state index contributed by atoms with van der Waals surface area (Å²) in [5.41, 5.74) is 0.993. The zero-order chi connectivity index (χ0) is 15.2. The third-order valence-corrected chi connectivity index (χ3v) is 4.94. The van der Waals surface area contributed by atoms with E-state index in [1.807, 2.05) is 12.1 Å². The van der Waals surface area contributed by atoms with Crippen LogP contribution in [0.3, 0.4) is 0 Å². The third kappa shape index (κ3) is 5.70. The predicted molar refractivity (Wildman–Crippen MR) is 102 cm³/mol. The molecular formula is C16H22Cl2N4OS. The van der Waals surface area contributed by atoms with Gasteiger partial charge in [0, 0.05) is 24.5 Å². The summed E-state index contributed by atoms with van der Waals surface area (Å²) in [4.78, 5) is 21.1. The Bertz CT molecular complexity index is 618. The second-order valence-electron chi connectivity index (χ2n) is 5.52. The third-order valence-electron chi connectivity index (χ3n) is 3.89. The van der Waals surface area contributed by atoms with E-state index in [9.17, 15) is 4.79 Å². The summed E-state index contributed by atoms with van der Waals surface area (Å²) in [6.07, 6.45) is 8.65. The lowest BCUT2D eigenvalue weighted by Gasteiger charge is -2.22. The van der Waals surface area contributed by atoms with E-state index >= 15 is 0 Å². The molecular weight excluding hydrogens is 367 g/mol. The van der Waals surface area contributed by atoms with Gasteiger partial charge in [-0.1, -0.05) is 0 Å². The van der Waals surface area contributed by atoms with E-state index in [2.05, 4.69) is 20.6 Å². The molecule has 2 aromatic rings. The van der Waals surface area contributed by atoms with E-state index < -0.39 is 0 Å². The second kappa shape index (κ2) is 10.6. The Labute approximate surface area is 158 Å². The van der Waals surface area contributed by atoms with Gasteiger partial charge >= 0.3 is 0 Å². The zero-order valence-electron chi connectivity index (χ0n) is 13.2. The molecule has 1 unspecified atom stereocenters. The van der Waals surface area contributed by atoms with Gasteiger partial charge < -0.3 is 10.6 Å². The van der Waals surface area contributed by atoms with Crippen LogP contribution in [0.4, 0.5) is 0 Å². The molecule has 3 rings (SSSR count). The van der Waals surface area contributed by atoms with Crippen LogP contribution in [0.2, 0.25) is 0 Å². The molecule has 1 aliphatic heterocycles. The summed E-state index contributed by atoms with van der Waals surface area (Å²) in [5.74, 6) is 0.657. The van der Waals surface area contributed by atoms with Crippen molar-refractivity contribution in [2.24, 2.45) is 5.92 Å². The minimum atomic E-state index is -0.0263. The number of amides is 1. The molecule has 2 N–H and O–H groups in total. The summed E-state index contributed by atoms with van der Waals surface area (Å²) in [7, 11) is 0. The zero-order valence-corrected chi connectivity index (χ0v) is 15.7. The molecule has 1 saturated heterocycles. The van der Waals surface area contributed by atoms with Crippen LogP contribution in [0.25, 0.3) is 10.6 Å². The van der Waals surface area contributed by atoms with Crippen molar-refractivity contribution in [1.82, 2.24) is 20.6 Å². The number of nitrogens with one attached hydrogen (secondary N) is 2. The van der Waals surface area contributed by atoms with Gasteiger partial charge in [0.15, 0.2) is 0 Å². The molecule has 0 saturated carbocycles. The predicted octanol–water partition coefficient (Wildman–Crippen LogP) is 3.17. The van der Waals surface area contributed by atoms with Crippen LogP contribution in [-0.2, 0) is 0 Å². The molecule has 0 radical (unpaired) electrons. The second-order valence-corrected chi connectivity index (χ2v) is 6.55. The molecule has 1 aliphatic rings.